The van der Waals surface area contributed by atoms with E-state index in [0.717, 1.165) is 24.1 Å². The zero-order valence-corrected chi connectivity index (χ0v) is 18.8. The van der Waals surface area contributed by atoms with Crippen molar-refractivity contribution in [3.63, 3.8) is 0 Å². The van der Waals surface area contributed by atoms with Gasteiger partial charge >= 0.3 is 0 Å². The van der Waals surface area contributed by atoms with Gasteiger partial charge in [0, 0.05) is 6.54 Å². The second-order valence-corrected chi connectivity index (χ2v) is 13.8. The van der Waals surface area contributed by atoms with E-state index in [9.17, 15) is 5.11 Å². The van der Waals surface area contributed by atoms with Crippen LogP contribution in [0.15, 0.2) is 17.2 Å². The van der Waals surface area contributed by atoms with Crippen molar-refractivity contribution in [2.45, 2.75) is 64.4 Å². The lowest BCUT2D eigenvalue weighted by atomic mass is 10.1. The number of aliphatic hydroxyl groups excluding tert-OH is 1. The van der Waals surface area contributed by atoms with E-state index in [2.05, 4.69) is 45.0 Å². The zero-order chi connectivity index (χ0) is 20.4. The van der Waals surface area contributed by atoms with Crippen molar-refractivity contribution in [3.8, 4) is 6.07 Å². The molecule has 0 radical (unpaired) electrons. The summed E-state index contributed by atoms with van der Waals surface area (Å²) >= 11 is 6.24. The molecule has 148 valence electrons. The smallest absolute Gasteiger partial charge is 0.192 e. The topological polar surface area (TPSA) is 68.8 Å². The van der Waals surface area contributed by atoms with E-state index in [4.69, 9.17) is 21.3 Å². The average molecular weight is 408 g/mol. The molecule has 0 unspecified atom stereocenters. The van der Waals surface area contributed by atoms with Gasteiger partial charge < -0.3 is 9.53 Å². The van der Waals surface area contributed by atoms with Crippen LogP contribution in [0.4, 0.5) is 0 Å². The molecule has 0 saturated carbocycles. The van der Waals surface area contributed by atoms with Gasteiger partial charge in [-0.15, -0.1) is 0 Å². The van der Waals surface area contributed by atoms with E-state index >= 15 is 0 Å². The highest BCUT2D eigenvalue weighted by molar-refractivity contribution is 6.74. The van der Waals surface area contributed by atoms with Gasteiger partial charge in [-0.2, -0.15) is 10.4 Å². The lowest BCUT2D eigenvalue weighted by Crippen LogP contribution is -2.48. The number of hydrogen-bond donors (Lipinski definition) is 1. The van der Waals surface area contributed by atoms with Crippen LogP contribution in [0.3, 0.4) is 0 Å². The molecule has 2 rings (SSSR count). The Morgan fingerprint density at radius 2 is 2.11 bits per heavy atom. The molecule has 0 aliphatic carbocycles. The van der Waals surface area contributed by atoms with Gasteiger partial charge in [-0.25, -0.2) is 0 Å². The second kappa shape index (κ2) is 8.32. The summed E-state index contributed by atoms with van der Waals surface area (Å²) in [7, 11) is -1.91. The fraction of sp³-hybridized carbons (Fsp3) is 0.600. The van der Waals surface area contributed by atoms with Crippen LogP contribution in [0.25, 0.3) is 0 Å². The average Bonchev–Trinajstić information content (AvgIpc) is 2.96. The van der Waals surface area contributed by atoms with Gasteiger partial charge in [0.15, 0.2) is 8.32 Å². The molecule has 0 bridgehead atoms. The Balaban J connectivity index is 2.16. The van der Waals surface area contributed by atoms with Crippen molar-refractivity contribution < 1.29 is 9.53 Å². The lowest BCUT2D eigenvalue weighted by molar-refractivity contribution is 0.0791. The maximum absolute atomic E-state index is 9.93. The first kappa shape index (κ1) is 21.9. The van der Waals surface area contributed by atoms with Crippen molar-refractivity contribution in [1.82, 2.24) is 5.01 Å². The maximum Gasteiger partial charge on any atom is 0.192 e. The number of hydrazone groups is 1. The molecule has 2 atom stereocenters. The molecule has 0 amide bonds. The number of benzene rings is 1. The summed E-state index contributed by atoms with van der Waals surface area (Å²) in [5.74, 6) is 0. The molecule has 1 saturated heterocycles. The van der Waals surface area contributed by atoms with Crippen LogP contribution < -0.4 is 0 Å². The molecule has 1 aromatic carbocycles. The van der Waals surface area contributed by atoms with Crippen LogP contribution in [0.2, 0.25) is 23.2 Å². The Bertz CT molecular complexity index is 753. The second-order valence-electron chi connectivity index (χ2n) is 8.62. The summed E-state index contributed by atoms with van der Waals surface area (Å²) in [4.78, 5) is 0. The molecule has 0 spiro atoms. The minimum atomic E-state index is -1.91. The molecule has 7 heteroatoms. The highest BCUT2D eigenvalue weighted by Crippen LogP contribution is 2.39. The standard InChI is InChI=1S/C20H30ClN3O2Si/c1-14-16(8-7-15(11-22)19(14)21)12-23-24-10-9-18(17(24)13-25)26-27(5,6)20(2,3)4/h7-8,12,17-18,25H,9-10,13H2,1-6H3/b23-12-/t17-,18+/m1/s1. The van der Waals surface area contributed by atoms with E-state index in [1.807, 2.05) is 18.0 Å². The van der Waals surface area contributed by atoms with Crippen LogP contribution in [-0.2, 0) is 4.43 Å². The first-order valence-corrected chi connectivity index (χ1v) is 12.6. The first-order chi connectivity index (χ1) is 12.5. The largest absolute Gasteiger partial charge is 0.412 e. The van der Waals surface area contributed by atoms with Gasteiger partial charge in [0.2, 0.25) is 0 Å². The third kappa shape index (κ3) is 4.72. The highest BCUT2D eigenvalue weighted by Gasteiger charge is 2.43. The van der Waals surface area contributed by atoms with E-state index in [-0.39, 0.29) is 23.8 Å². The molecule has 1 aliphatic rings. The molecule has 27 heavy (non-hydrogen) atoms. The summed E-state index contributed by atoms with van der Waals surface area (Å²) in [5, 5.41) is 26.1. The third-order valence-electron chi connectivity index (χ3n) is 5.79. The number of rotatable bonds is 5. The summed E-state index contributed by atoms with van der Waals surface area (Å²) in [6.45, 7) is 13.7. The SMILES string of the molecule is Cc1c(/C=N\N2CC[C@H](O[Si](C)(C)C(C)(C)C)[C@H]2CO)ccc(C#N)c1Cl. The van der Waals surface area contributed by atoms with Crippen molar-refractivity contribution in [2.75, 3.05) is 13.2 Å². The number of hydrogen-bond acceptors (Lipinski definition) is 5. The molecule has 1 fully saturated rings. The molecule has 1 aromatic rings. The van der Waals surface area contributed by atoms with Gasteiger partial charge in [0.05, 0.1) is 35.6 Å². The number of halogens is 1. The number of nitrogens with zero attached hydrogens (tertiary/aromatic N) is 3. The summed E-state index contributed by atoms with van der Waals surface area (Å²) < 4.78 is 6.53. The zero-order valence-electron chi connectivity index (χ0n) is 17.1. The molecule has 1 heterocycles. The molecule has 1 aliphatic heterocycles. The van der Waals surface area contributed by atoms with Gasteiger partial charge in [-0.05, 0) is 48.7 Å². The molecule has 1 N–H and O–H groups in total. The Morgan fingerprint density at radius 3 is 2.67 bits per heavy atom. The Morgan fingerprint density at radius 1 is 1.44 bits per heavy atom. The predicted molar refractivity (Wildman–Crippen MR) is 113 cm³/mol. The lowest BCUT2D eigenvalue weighted by Gasteiger charge is -2.39. The predicted octanol–water partition coefficient (Wildman–Crippen LogP) is 4.31. The third-order valence-corrected chi connectivity index (χ3v) is 10.8. The van der Waals surface area contributed by atoms with Crippen LogP contribution >= 0.6 is 11.6 Å². The van der Waals surface area contributed by atoms with Gasteiger partial charge in [-0.3, -0.25) is 5.01 Å². The van der Waals surface area contributed by atoms with Crippen molar-refractivity contribution in [2.24, 2.45) is 5.10 Å². The van der Waals surface area contributed by atoms with Crippen LogP contribution in [0, 0.1) is 18.3 Å². The molecular formula is C20H30ClN3O2Si. The quantitative estimate of drug-likeness (QED) is 0.583. The van der Waals surface area contributed by atoms with Gasteiger partial charge in [0.25, 0.3) is 0 Å². The van der Waals surface area contributed by atoms with E-state index in [0.29, 0.717) is 10.6 Å². The fourth-order valence-corrected chi connectivity index (χ4v) is 4.52. The molecule has 5 nitrogen and oxygen atoms in total. The van der Waals surface area contributed by atoms with Crippen molar-refractivity contribution in [1.29, 1.82) is 5.26 Å². The molecular weight excluding hydrogens is 378 g/mol. The summed E-state index contributed by atoms with van der Waals surface area (Å²) in [5.41, 5.74) is 2.15. The minimum absolute atomic E-state index is 0.00371. The monoisotopic (exact) mass is 407 g/mol. The minimum Gasteiger partial charge on any atom is -0.412 e. The van der Waals surface area contributed by atoms with Crippen LogP contribution in [0.5, 0.6) is 0 Å². The Kier molecular flexibility index (Phi) is 6.75. The number of aliphatic hydroxyl groups is 1. The van der Waals surface area contributed by atoms with Gasteiger partial charge in [0.1, 0.15) is 6.07 Å². The first-order valence-electron chi connectivity index (χ1n) is 9.30. The van der Waals surface area contributed by atoms with Crippen LogP contribution in [-0.4, -0.2) is 49.9 Å². The van der Waals surface area contributed by atoms with Crippen LogP contribution in [0.1, 0.15) is 43.9 Å². The Labute approximate surface area is 168 Å². The van der Waals surface area contributed by atoms with E-state index in [1.165, 1.54) is 0 Å². The highest BCUT2D eigenvalue weighted by atomic mass is 35.5. The molecule has 0 aromatic heterocycles. The normalized spacial score (nSPS) is 21.1. The Hall–Kier alpha value is -1.39. The summed E-state index contributed by atoms with van der Waals surface area (Å²) in [6, 6.07) is 5.48. The van der Waals surface area contributed by atoms with Gasteiger partial charge in [-0.1, -0.05) is 38.4 Å². The fourth-order valence-electron chi connectivity index (χ4n) is 2.92. The number of nitriles is 1. The van der Waals surface area contributed by atoms with E-state index < -0.39 is 8.32 Å². The van der Waals surface area contributed by atoms with E-state index in [1.54, 1.807) is 12.3 Å². The summed E-state index contributed by atoms with van der Waals surface area (Å²) in [6.07, 6.45) is 2.58. The van der Waals surface area contributed by atoms with Crippen molar-refractivity contribution >= 4 is 26.1 Å². The van der Waals surface area contributed by atoms with Crippen molar-refractivity contribution in [3.05, 3.63) is 33.8 Å². The maximum atomic E-state index is 9.93.